The lowest BCUT2D eigenvalue weighted by Gasteiger charge is -2.22. The van der Waals surface area contributed by atoms with Gasteiger partial charge in [-0.25, -0.2) is 0 Å². The molecular weight excluding hydrogens is 204 g/mol. The molecule has 0 saturated heterocycles. The van der Waals surface area contributed by atoms with E-state index in [2.05, 4.69) is 0 Å². The average molecular weight is 216 g/mol. The Bertz CT molecular complexity index is 440. The number of hydrogen-bond acceptors (Lipinski definition) is 2. The number of rotatable bonds is 2. The van der Waals surface area contributed by atoms with Crippen molar-refractivity contribution < 1.29 is 9.59 Å². The third-order valence-corrected chi connectivity index (χ3v) is 2.53. The van der Waals surface area contributed by atoms with Crippen LogP contribution in [0.5, 0.6) is 0 Å². The second-order valence-corrected chi connectivity index (χ2v) is 3.60. The SMILES string of the molecule is NC(=O)C1C=CCN1C(=O)c1ccccc1. The normalized spacial score (nSPS) is 18.8. The van der Waals surface area contributed by atoms with Gasteiger partial charge >= 0.3 is 0 Å². The number of amides is 2. The van der Waals surface area contributed by atoms with Gasteiger partial charge in [0.1, 0.15) is 6.04 Å². The van der Waals surface area contributed by atoms with Crippen LogP contribution < -0.4 is 5.73 Å². The first-order valence-corrected chi connectivity index (χ1v) is 5.02. The van der Waals surface area contributed by atoms with Gasteiger partial charge in [0, 0.05) is 12.1 Å². The molecule has 16 heavy (non-hydrogen) atoms. The van der Waals surface area contributed by atoms with Crippen LogP contribution in [0.2, 0.25) is 0 Å². The largest absolute Gasteiger partial charge is 0.368 e. The first-order chi connectivity index (χ1) is 7.70. The Kier molecular flexibility index (Phi) is 2.72. The second kappa shape index (κ2) is 4.18. The molecule has 0 radical (unpaired) electrons. The van der Waals surface area contributed by atoms with Crippen molar-refractivity contribution in [2.75, 3.05) is 6.54 Å². The molecule has 1 aromatic carbocycles. The van der Waals surface area contributed by atoms with Gasteiger partial charge in [-0.15, -0.1) is 0 Å². The summed E-state index contributed by atoms with van der Waals surface area (Å²) < 4.78 is 0. The van der Waals surface area contributed by atoms with Gasteiger partial charge < -0.3 is 10.6 Å². The Morgan fingerprint density at radius 3 is 2.56 bits per heavy atom. The molecule has 1 aliphatic heterocycles. The van der Waals surface area contributed by atoms with E-state index >= 15 is 0 Å². The van der Waals surface area contributed by atoms with Crippen LogP contribution >= 0.6 is 0 Å². The number of primary amides is 1. The van der Waals surface area contributed by atoms with Gasteiger partial charge in [0.05, 0.1) is 0 Å². The Morgan fingerprint density at radius 2 is 1.94 bits per heavy atom. The van der Waals surface area contributed by atoms with E-state index < -0.39 is 11.9 Å². The number of benzene rings is 1. The fourth-order valence-electron chi connectivity index (χ4n) is 1.72. The monoisotopic (exact) mass is 216 g/mol. The number of hydrogen-bond donors (Lipinski definition) is 1. The molecule has 0 saturated carbocycles. The molecule has 1 heterocycles. The summed E-state index contributed by atoms with van der Waals surface area (Å²) in [5.74, 6) is -0.674. The molecule has 0 fully saturated rings. The molecule has 2 N–H and O–H groups in total. The van der Waals surface area contributed by atoms with Gasteiger partial charge in [-0.2, -0.15) is 0 Å². The van der Waals surface area contributed by atoms with Crippen LogP contribution in [0.4, 0.5) is 0 Å². The lowest BCUT2D eigenvalue weighted by Crippen LogP contribution is -2.44. The quantitative estimate of drug-likeness (QED) is 0.734. The number of carbonyl (C=O) groups is 2. The minimum absolute atomic E-state index is 0.172. The van der Waals surface area contributed by atoms with E-state index in [9.17, 15) is 9.59 Å². The molecule has 0 aliphatic carbocycles. The fourth-order valence-corrected chi connectivity index (χ4v) is 1.72. The molecule has 0 spiro atoms. The van der Waals surface area contributed by atoms with Crippen LogP contribution in [0.1, 0.15) is 10.4 Å². The van der Waals surface area contributed by atoms with Crippen molar-refractivity contribution in [3.8, 4) is 0 Å². The Hall–Kier alpha value is -2.10. The minimum atomic E-state index is -0.618. The van der Waals surface area contributed by atoms with Gasteiger partial charge in [-0.1, -0.05) is 30.4 Å². The summed E-state index contributed by atoms with van der Waals surface area (Å²) in [5.41, 5.74) is 5.79. The number of nitrogens with zero attached hydrogens (tertiary/aromatic N) is 1. The van der Waals surface area contributed by atoms with E-state index in [1.165, 1.54) is 4.90 Å². The smallest absolute Gasteiger partial charge is 0.255 e. The highest BCUT2D eigenvalue weighted by Gasteiger charge is 2.29. The highest BCUT2D eigenvalue weighted by atomic mass is 16.2. The second-order valence-electron chi connectivity index (χ2n) is 3.60. The van der Waals surface area contributed by atoms with Gasteiger partial charge in [0.2, 0.25) is 5.91 Å². The standard InChI is InChI=1S/C12H12N2O2/c13-11(15)10-7-4-8-14(10)12(16)9-5-2-1-3-6-9/h1-7,10H,8H2,(H2,13,15). The van der Waals surface area contributed by atoms with Crippen LogP contribution in [0.25, 0.3) is 0 Å². The molecular formula is C12H12N2O2. The lowest BCUT2D eigenvalue weighted by atomic mass is 10.2. The van der Waals surface area contributed by atoms with Crippen molar-refractivity contribution in [1.29, 1.82) is 0 Å². The number of nitrogens with two attached hydrogens (primary N) is 1. The zero-order valence-corrected chi connectivity index (χ0v) is 8.67. The summed E-state index contributed by atoms with van der Waals surface area (Å²) in [4.78, 5) is 24.6. The van der Waals surface area contributed by atoms with Crippen molar-refractivity contribution in [2.45, 2.75) is 6.04 Å². The molecule has 82 valence electrons. The van der Waals surface area contributed by atoms with Gasteiger partial charge in [0.25, 0.3) is 5.91 Å². The molecule has 2 rings (SSSR count). The van der Waals surface area contributed by atoms with Gasteiger partial charge in [0.15, 0.2) is 0 Å². The minimum Gasteiger partial charge on any atom is -0.368 e. The van der Waals surface area contributed by atoms with Crippen molar-refractivity contribution in [1.82, 2.24) is 4.90 Å². The summed E-state index contributed by atoms with van der Waals surface area (Å²) in [6, 6.07) is 8.24. The van der Waals surface area contributed by atoms with Gasteiger partial charge in [-0.05, 0) is 12.1 Å². The van der Waals surface area contributed by atoms with E-state index in [0.29, 0.717) is 12.1 Å². The molecule has 1 atom stereocenters. The average Bonchev–Trinajstić information content (AvgIpc) is 2.78. The summed E-state index contributed by atoms with van der Waals surface area (Å²) in [6.07, 6.45) is 3.43. The molecule has 0 aromatic heterocycles. The molecule has 1 aliphatic rings. The first-order valence-electron chi connectivity index (χ1n) is 5.02. The topological polar surface area (TPSA) is 63.4 Å². The summed E-state index contributed by atoms with van der Waals surface area (Å²) in [6.45, 7) is 0.432. The van der Waals surface area contributed by atoms with Crippen molar-refractivity contribution in [2.24, 2.45) is 5.73 Å². The van der Waals surface area contributed by atoms with E-state index in [0.717, 1.165) is 0 Å². The van der Waals surface area contributed by atoms with E-state index in [1.807, 2.05) is 6.07 Å². The first kappa shape index (κ1) is 10.4. The van der Waals surface area contributed by atoms with Crippen LogP contribution in [0.15, 0.2) is 42.5 Å². The maximum Gasteiger partial charge on any atom is 0.255 e. The zero-order valence-electron chi connectivity index (χ0n) is 8.67. The highest BCUT2D eigenvalue weighted by Crippen LogP contribution is 2.14. The van der Waals surface area contributed by atoms with E-state index in [-0.39, 0.29) is 5.91 Å². The Morgan fingerprint density at radius 1 is 1.25 bits per heavy atom. The summed E-state index contributed by atoms with van der Waals surface area (Å²) in [5, 5.41) is 0. The summed E-state index contributed by atoms with van der Waals surface area (Å²) >= 11 is 0. The van der Waals surface area contributed by atoms with Crippen molar-refractivity contribution in [3.63, 3.8) is 0 Å². The molecule has 4 heteroatoms. The van der Waals surface area contributed by atoms with Crippen LogP contribution in [-0.4, -0.2) is 29.3 Å². The third kappa shape index (κ3) is 1.82. The van der Waals surface area contributed by atoms with Gasteiger partial charge in [-0.3, -0.25) is 9.59 Å². The van der Waals surface area contributed by atoms with Crippen molar-refractivity contribution in [3.05, 3.63) is 48.0 Å². The third-order valence-electron chi connectivity index (χ3n) is 2.53. The maximum atomic E-state index is 12.0. The van der Waals surface area contributed by atoms with E-state index in [4.69, 9.17) is 5.73 Å². The molecule has 0 bridgehead atoms. The predicted molar refractivity (Wildman–Crippen MR) is 59.6 cm³/mol. The lowest BCUT2D eigenvalue weighted by molar-refractivity contribution is -0.120. The highest BCUT2D eigenvalue weighted by molar-refractivity contribution is 5.98. The summed E-state index contributed by atoms with van der Waals surface area (Å²) in [7, 11) is 0. The molecule has 2 amide bonds. The maximum absolute atomic E-state index is 12.0. The predicted octanol–water partition coefficient (Wildman–Crippen LogP) is 0.552. The number of carbonyl (C=O) groups excluding carboxylic acids is 2. The van der Waals surface area contributed by atoms with Crippen molar-refractivity contribution >= 4 is 11.8 Å². The molecule has 1 unspecified atom stereocenters. The van der Waals surface area contributed by atoms with Crippen LogP contribution in [-0.2, 0) is 4.79 Å². The fraction of sp³-hybridized carbons (Fsp3) is 0.167. The Balaban J connectivity index is 2.21. The van der Waals surface area contributed by atoms with E-state index in [1.54, 1.807) is 36.4 Å². The van der Waals surface area contributed by atoms with Crippen LogP contribution in [0.3, 0.4) is 0 Å². The Labute approximate surface area is 93.3 Å². The molecule has 4 nitrogen and oxygen atoms in total. The molecule has 1 aromatic rings. The van der Waals surface area contributed by atoms with Crippen LogP contribution in [0, 0.1) is 0 Å². The zero-order chi connectivity index (χ0) is 11.5.